The molecule has 1 heterocycles. The van der Waals surface area contributed by atoms with E-state index in [1.165, 1.54) is 17.8 Å². The molecule has 0 aliphatic carbocycles. The molecule has 5 heteroatoms. The fraction of sp³-hybridized carbons (Fsp3) is 0.214. The Labute approximate surface area is 125 Å². The van der Waals surface area contributed by atoms with E-state index in [0.29, 0.717) is 6.54 Å². The van der Waals surface area contributed by atoms with Gasteiger partial charge in [-0.25, -0.2) is 9.37 Å². The molecule has 1 aromatic heterocycles. The number of nitrogens with zero attached hydrogens (tertiary/aromatic N) is 1. The molecule has 0 aliphatic rings. The molecule has 0 radical (unpaired) electrons. The van der Waals surface area contributed by atoms with Gasteiger partial charge in [-0.15, -0.1) is 0 Å². The molecule has 0 unspecified atom stereocenters. The summed E-state index contributed by atoms with van der Waals surface area (Å²) in [7, 11) is 0. The van der Waals surface area contributed by atoms with Crippen LogP contribution < -0.4 is 5.32 Å². The van der Waals surface area contributed by atoms with Crippen LogP contribution in [0.2, 0.25) is 0 Å². The summed E-state index contributed by atoms with van der Waals surface area (Å²) in [6, 6.07) is 8.91. The highest BCUT2D eigenvalue weighted by Gasteiger charge is 2.04. The van der Waals surface area contributed by atoms with E-state index in [9.17, 15) is 4.39 Å². The van der Waals surface area contributed by atoms with Gasteiger partial charge < -0.3 is 5.32 Å². The molecule has 2 nitrogen and oxygen atoms in total. The molecule has 0 amide bonds. The van der Waals surface area contributed by atoms with Crippen molar-refractivity contribution in [3.63, 3.8) is 0 Å². The third-order valence-corrected chi connectivity index (χ3v) is 3.82. The van der Waals surface area contributed by atoms with Gasteiger partial charge in [-0.2, -0.15) is 0 Å². The molecule has 1 aromatic carbocycles. The first-order chi connectivity index (χ1) is 9.17. The number of rotatable bonds is 5. The predicted octanol–water partition coefficient (Wildman–Crippen LogP) is 4.24. The molecule has 1 N–H and O–H groups in total. The maximum Gasteiger partial charge on any atom is 0.124 e. The largest absolute Gasteiger partial charge is 0.313 e. The number of nitrogens with one attached hydrogen (secondary N) is 1. The van der Waals surface area contributed by atoms with E-state index >= 15 is 0 Å². The van der Waals surface area contributed by atoms with Gasteiger partial charge in [0.15, 0.2) is 0 Å². The Balaban J connectivity index is 2.15. The van der Waals surface area contributed by atoms with Crippen LogP contribution in [0.25, 0.3) is 0 Å². The number of pyridine rings is 1. The first kappa shape index (κ1) is 14.5. The molecule has 2 rings (SSSR count). The second-order valence-electron chi connectivity index (χ2n) is 3.99. The summed E-state index contributed by atoms with van der Waals surface area (Å²) in [4.78, 5) is 5.14. The van der Waals surface area contributed by atoms with Crippen molar-refractivity contribution >= 4 is 27.7 Å². The van der Waals surface area contributed by atoms with Crippen molar-refractivity contribution in [2.24, 2.45) is 0 Å². The molecule has 19 heavy (non-hydrogen) atoms. The van der Waals surface area contributed by atoms with E-state index in [-0.39, 0.29) is 5.82 Å². The normalized spacial score (nSPS) is 10.7. The zero-order chi connectivity index (χ0) is 13.7. The van der Waals surface area contributed by atoms with Gasteiger partial charge in [0.05, 0.1) is 0 Å². The number of hydrogen-bond acceptors (Lipinski definition) is 3. The highest BCUT2D eigenvalue weighted by Crippen LogP contribution is 2.28. The van der Waals surface area contributed by atoms with Gasteiger partial charge in [-0.1, -0.05) is 18.7 Å². The zero-order valence-electron chi connectivity index (χ0n) is 10.5. The van der Waals surface area contributed by atoms with Crippen molar-refractivity contribution in [3.05, 3.63) is 52.4 Å². The van der Waals surface area contributed by atoms with Crippen LogP contribution in [0.4, 0.5) is 4.39 Å². The Kier molecular flexibility index (Phi) is 5.36. The minimum Gasteiger partial charge on any atom is -0.313 e. The zero-order valence-corrected chi connectivity index (χ0v) is 12.9. The number of benzene rings is 1. The van der Waals surface area contributed by atoms with Gasteiger partial charge in [0.25, 0.3) is 0 Å². The Bertz CT molecular complexity index is 546. The summed E-state index contributed by atoms with van der Waals surface area (Å²) in [5.41, 5.74) is 0.946. The lowest BCUT2D eigenvalue weighted by Gasteiger charge is -2.06. The van der Waals surface area contributed by atoms with Gasteiger partial charge in [-0.05, 0) is 58.4 Å². The van der Waals surface area contributed by atoms with Crippen LogP contribution in [0.1, 0.15) is 12.5 Å². The summed E-state index contributed by atoms with van der Waals surface area (Å²) >= 11 is 4.80. The Morgan fingerprint density at radius 2 is 2.16 bits per heavy atom. The summed E-state index contributed by atoms with van der Waals surface area (Å²) in [5, 5.41) is 4.04. The minimum atomic E-state index is -0.213. The summed E-state index contributed by atoms with van der Waals surface area (Å²) in [5.74, 6) is -0.213. The molecule has 0 spiro atoms. The van der Waals surface area contributed by atoms with E-state index in [2.05, 4.69) is 26.2 Å². The van der Waals surface area contributed by atoms with E-state index in [1.54, 1.807) is 12.3 Å². The van der Waals surface area contributed by atoms with Crippen molar-refractivity contribution in [1.29, 1.82) is 0 Å². The first-order valence-electron chi connectivity index (χ1n) is 5.97. The average Bonchev–Trinajstić information content (AvgIpc) is 2.38. The standard InChI is InChI=1S/C14H14BrFN2S/c1-2-17-8-10-5-12(16)7-13(6-10)19-14-4-3-11(15)9-18-14/h3-7,9,17H,2,8H2,1H3. The number of halogens is 2. The maximum absolute atomic E-state index is 13.6. The van der Waals surface area contributed by atoms with Gasteiger partial charge in [0.2, 0.25) is 0 Å². The molecule has 0 atom stereocenters. The molecular weight excluding hydrogens is 327 g/mol. The van der Waals surface area contributed by atoms with Crippen molar-refractivity contribution in [1.82, 2.24) is 10.3 Å². The Morgan fingerprint density at radius 1 is 1.32 bits per heavy atom. The van der Waals surface area contributed by atoms with Gasteiger partial charge in [0.1, 0.15) is 10.8 Å². The lowest BCUT2D eigenvalue weighted by Crippen LogP contribution is -2.11. The van der Waals surface area contributed by atoms with Crippen LogP contribution in [0.3, 0.4) is 0 Å². The van der Waals surface area contributed by atoms with Crippen molar-refractivity contribution in [2.45, 2.75) is 23.4 Å². The SMILES string of the molecule is CCNCc1cc(F)cc(Sc2ccc(Br)cn2)c1. The summed E-state index contributed by atoms with van der Waals surface area (Å²) < 4.78 is 14.5. The van der Waals surface area contributed by atoms with Crippen LogP contribution in [-0.4, -0.2) is 11.5 Å². The fourth-order valence-electron chi connectivity index (χ4n) is 1.59. The van der Waals surface area contributed by atoms with E-state index in [1.807, 2.05) is 25.1 Å². The molecule has 2 aromatic rings. The molecule has 0 aliphatic heterocycles. The lowest BCUT2D eigenvalue weighted by molar-refractivity contribution is 0.617. The van der Waals surface area contributed by atoms with E-state index in [0.717, 1.165) is 26.5 Å². The third-order valence-electron chi connectivity index (χ3n) is 2.43. The van der Waals surface area contributed by atoms with Gasteiger partial charge in [0, 0.05) is 22.1 Å². The molecule has 0 saturated carbocycles. The van der Waals surface area contributed by atoms with Gasteiger partial charge in [-0.3, -0.25) is 0 Å². The molecule has 0 saturated heterocycles. The molecular formula is C14H14BrFN2S. The van der Waals surface area contributed by atoms with Crippen molar-refractivity contribution in [3.8, 4) is 0 Å². The average molecular weight is 341 g/mol. The van der Waals surface area contributed by atoms with Crippen LogP contribution in [-0.2, 0) is 6.54 Å². The van der Waals surface area contributed by atoms with E-state index in [4.69, 9.17) is 0 Å². The minimum absolute atomic E-state index is 0.213. The lowest BCUT2D eigenvalue weighted by atomic mass is 10.2. The second-order valence-corrected chi connectivity index (χ2v) is 6.00. The Hall–Kier alpha value is -0.910. The van der Waals surface area contributed by atoms with Crippen LogP contribution in [0.15, 0.2) is 50.9 Å². The quantitative estimate of drug-likeness (QED) is 0.880. The van der Waals surface area contributed by atoms with Crippen molar-refractivity contribution in [2.75, 3.05) is 6.54 Å². The molecule has 0 bridgehead atoms. The number of hydrogen-bond donors (Lipinski definition) is 1. The fourth-order valence-corrected chi connectivity index (χ4v) is 2.69. The first-order valence-corrected chi connectivity index (χ1v) is 7.58. The number of aromatic nitrogens is 1. The van der Waals surface area contributed by atoms with Crippen LogP contribution >= 0.6 is 27.7 Å². The highest BCUT2D eigenvalue weighted by atomic mass is 79.9. The topological polar surface area (TPSA) is 24.9 Å². The monoisotopic (exact) mass is 340 g/mol. The Morgan fingerprint density at radius 3 is 2.84 bits per heavy atom. The predicted molar refractivity (Wildman–Crippen MR) is 79.8 cm³/mol. The van der Waals surface area contributed by atoms with E-state index < -0.39 is 0 Å². The van der Waals surface area contributed by atoms with Crippen LogP contribution in [0, 0.1) is 5.82 Å². The van der Waals surface area contributed by atoms with Crippen LogP contribution in [0.5, 0.6) is 0 Å². The third kappa shape index (κ3) is 4.60. The smallest absolute Gasteiger partial charge is 0.124 e. The summed E-state index contributed by atoms with van der Waals surface area (Å²) in [6.07, 6.45) is 1.74. The van der Waals surface area contributed by atoms with Gasteiger partial charge >= 0.3 is 0 Å². The maximum atomic E-state index is 13.6. The molecule has 0 fully saturated rings. The van der Waals surface area contributed by atoms with Crippen molar-refractivity contribution < 1.29 is 4.39 Å². The summed E-state index contributed by atoms with van der Waals surface area (Å²) in [6.45, 7) is 3.57. The highest BCUT2D eigenvalue weighted by molar-refractivity contribution is 9.10. The molecule has 100 valence electrons. The second kappa shape index (κ2) is 7.03.